The third kappa shape index (κ3) is 6.69. The molecule has 6 heteroatoms. The highest BCUT2D eigenvalue weighted by Gasteiger charge is 2.29. The number of hydrogen-bond donors (Lipinski definition) is 1. The first-order valence-electron chi connectivity index (χ1n) is 9.38. The fourth-order valence-electron chi connectivity index (χ4n) is 2.94. The van der Waals surface area contributed by atoms with Gasteiger partial charge in [-0.1, -0.05) is 18.5 Å². The number of nitrogens with one attached hydrogen (secondary N) is 1. The van der Waals surface area contributed by atoms with E-state index in [0.29, 0.717) is 24.1 Å². The van der Waals surface area contributed by atoms with Crippen molar-refractivity contribution in [1.29, 1.82) is 0 Å². The molecule has 5 nitrogen and oxygen atoms in total. The van der Waals surface area contributed by atoms with Gasteiger partial charge in [0.05, 0.1) is 6.61 Å². The standard InChI is InChI=1S/C20H31ClN2O3/c1-5-10-25-18-7-6-17(21)11-16(18)13-22-12-15-8-9-23(14-15)19(24)26-20(2,3)4/h6-7,11,15,22H,5,8-10,12-14H2,1-4H3/t15-/m0/s1. The molecule has 1 atom stereocenters. The second kappa shape index (κ2) is 9.47. The van der Waals surface area contributed by atoms with Gasteiger partial charge in [-0.2, -0.15) is 0 Å². The van der Waals surface area contributed by atoms with Crippen LogP contribution in [0.5, 0.6) is 5.75 Å². The molecule has 146 valence electrons. The largest absolute Gasteiger partial charge is 0.493 e. The number of carbonyl (C=O) groups excluding carboxylic acids is 1. The highest BCUT2D eigenvalue weighted by Crippen LogP contribution is 2.24. The van der Waals surface area contributed by atoms with Gasteiger partial charge in [0.2, 0.25) is 0 Å². The summed E-state index contributed by atoms with van der Waals surface area (Å²) >= 11 is 6.12. The molecule has 0 saturated carbocycles. The van der Waals surface area contributed by atoms with Crippen molar-refractivity contribution < 1.29 is 14.3 Å². The Kier molecular flexibility index (Phi) is 7.59. The van der Waals surface area contributed by atoms with Crippen molar-refractivity contribution in [2.75, 3.05) is 26.2 Å². The summed E-state index contributed by atoms with van der Waals surface area (Å²) in [5.74, 6) is 1.31. The maximum Gasteiger partial charge on any atom is 0.410 e. The summed E-state index contributed by atoms with van der Waals surface area (Å²) in [6.45, 7) is 11.5. The number of amides is 1. The van der Waals surface area contributed by atoms with Crippen LogP contribution < -0.4 is 10.1 Å². The maximum absolute atomic E-state index is 12.1. The van der Waals surface area contributed by atoms with Gasteiger partial charge in [-0.15, -0.1) is 0 Å². The topological polar surface area (TPSA) is 50.8 Å². The van der Waals surface area contributed by atoms with Gasteiger partial charge in [-0.05, 0) is 57.7 Å². The van der Waals surface area contributed by atoms with Gasteiger partial charge in [0.25, 0.3) is 0 Å². The van der Waals surface area contributed by atoms with Crippen molar-refractivity contribution in [1.82, 2.24) is 10.2 Å². The molecule has 1 heterocycles. The number of rotatable bonds is 7. The first-order chi connectivity index (χ1) is 12.3. The summed E-state index contributed by atoms with van der Waals surface area (Å²) in [7, 11) is 0. The Hall–Kier alpha value is -1.46. The number of nitrogens with zero attached hydrogens (tertiary/aromatic N) is 1. The summed E-state index contributed by atoms with van der Waals surface area (Å²) in [5.41, 5.74) is 0.613. The van der Waals surface area contributed by atoms with E-state index in [4.69, 9.17) is 21.1 Å². The van der Waals surface area contributed by atoms with E-state index in [-0.39, 0.29) is 6.09 Å². The molecule has 0 bridgehead atoms. The Bertz CT molecular complexity index is 601. The van der Waals surface area contributed by atoms with E-state index < -0.39 is 5.60 Å². The van der Waals surface area contributed by atoms with Crippen molar-refractivity contribution in [3.63, 3.8) is 0 Å². The molecule has 26 heavy (non-hydrogen) atoms. The van der Waals surface area contributed by atoms with E-state index in [1.807, 2.05) is 39.0 Å². The lowest BCUT2D eigenvalue weighted by atomic mass is 10.1. The fraction of sp³-hybridized carbons (Fsp3) is 0.650. The highest BCUT2D eigenvalue weighted by atomic mass is 35.5. The maximum atomic E-state index is 12.1. The second-order valence-corrected chi connectivity index (χ2v) is 8.25. The minimum atomic E-state index is -0.450. The quantitative estimate of drug-likeness (QED) is 0.755. The average Bonchev–Trinajstić information content (AvgIpc) is 3.02. The molecule has 0 spiro atoms. The minimum absolute atomic E-state index is 0.218. The van der Waals surface area contributed by atoms with Gasteiger partial charge < -0.3 is 19.7 Å². The predicted octanol–water partition coefficient (Wildman–Crippen LogP) is 4.48. The fourth-order valence-corrected chi connectivity index (χ4v) is 3.14. The van der Waals surface area contributed by atoms with Crippen LogP contribution in [0.25, 0.3) is 0 Å². The summed E-state index contributed by atoms with van der Waals surface area (Å²) in [4.78, 5) is 13.9. The molecule has 1 aliphatic rings. The van der Waals surface area contributed by atoms with Crippen molar-refractivity contribution in [2.24, 2.45) is 5.92 Å². The second-order valence-electron chi connectivity index (χ2n) is 7.81. The van der Waals surface area contributed by atoms with Crippen LogP contribution in [-0.2, 0) is 11.3 Å². The molecule has 0 radical (unpaired) electrons. The Labute approximate surface area is 162 Å². The molecular formula is C20H31ClN2O3. The van der Waals surface area contributed by atoms with Gasteiger partial charge in [0.1, 0.15) is 11.4 Å². The Balaban J connectivity index is 1.80. The van der Waals surface area contributed by atoms with Crippen LogP contribution in [-0.4, -0.2) is 42.8 Å². The molecule has 2 rings (SSSR count). The van der Waals surface area contributed by atoms with E-state index in [1.54, 1.807) is 4.90 Å². The molecule has 1 fully saturated rings. The number of likely N-dealkylation sites (tertiary alicyclic amines) is 1. The molecule has 0 unspecified atom stereocenters. The number of halogens is 1. The summed E-state index contributed by atoms with van der Waals surface area (Å²) < 4.78 is 11.2. The van der Waals surface area contributed by atoms with Crippen molar-refractivity contribution in [2.45, 2.75) is 52.7 Å². The molecule has 1 saturated heterocycles. The molecular weight excluding hydrogens is 352 g/mol. The smallest absolute Gasteiger partial charge is 0.410 e. The SMILES string of the molecule is CCCOc1ccc(Cl)cc1CNC[C@@H]1CCN(C(=O)OC(C)(C)C)C1. The lowest BCUT2D eigenvalue weighted by molar-refractivity contribution is 0.0288. The molecule has 0 aromatic heterocycles. The summed E-state index contributed by atoms with van der Waals surface area (Å²) in [5, 5.41) is 4.19. The average molecular weight is 383 g/mol. The van der Waals surface area contributed by atoms with Crippen molar-refractivity contribution in [3.05, 3.63) is 28.8 Å². The summed E-state index contributed by atoms with van der Waals surface area (Å²) in [6, 6.07) is 5.72. The van der Waals surface area contributed by atoms with Crippen LogP contribution >= 0.6 is 11.6 Å². The minimum Gasteiger partial charge on any atom is -0.493 e. The van der Waals surface area contributed by atoms with Crippen LogP contribution in [0.15, 0.2) is 18.2 Å². The third-order valence-corrected chi connectivity index (χ3v) is 4.41. The van der Waals surface area contributed by atoms with Crippen LogP contribution in [0.3, 0.4) is 0 Å². The van der Waals surface area contributed by atoms with E-state index in [0.717, 1.165) is 43.8 Å². The van der Waals surface area contributed by atoms with Crippen molar-refractivity contribution >= 4 is 17.7 Å². The summed E-state index contributed by atoms with van der Waals surface area (Å²) in [6.07, 6.45) is 1.74. The van der Waals surface area contributed by atoms with Crippen LogP contribution in [0, 0.1) is 5.92 Å². The zero-order valence-corrected chi connectivity index (χ0v) is 17.1. The number of benzene rings is 1. The van der Waals surface area contributed by atoms with Crippen LogP contribution in [0.2, 0.25) is 5.02 Å². The van der Waals surface area contributed by atoms with E-state index >= 15 is 0 Å². The van der Waals surface area contributed by atoms with E-state index in [1.165, 1.54) is 0 Å². The van der Waals surface area contributed by atoms with Gasteiger partial charge in [-0.3, -0.25) is 0 Å². The number of ether oxygens (including phenoxy) is 2. The van der Waals surface area contributed by atoms with Gasteiger partial charge >= 0.3 is 6.09 Å². The Morgan fingerprint density at radius 3 is 2.85 bits per heavy atom. The monoisotopic (exact) mass is 382 g/mol. The van der Waals surface area contributed by atoms with Gasteiger partial charge in [-0.25, -0.2) is 4.79 Å². The first-order valence-corrected chi connectivity index (χ1v) is 9.76. The number of carbonyl (C=O) groups is 1. The Morgan fingerprint density at radius 2 is 2.15 bits per heavy atom. The van der Waals surface area contributed by atoms with Gasteiger partial charge in [0, 0.05) is 36.8 Å². The van der Waals surface area contributed by atoms with Crippen LogP contribution in [0.4, 0.5) is 4.79 Å². The highest BCUT2D eigenvalue weighted by molar-refractivity contribution is 6.30. The van der Waals surface area contributed by atoms with E-state index in [2.05, 4.69) is 12.2 Å². The lowest BCUT2D eigenvalue weighted by Crippen LogP contribution is -2.36. The predicted molar refractivity (Wildman–Crippen MR) is 105 cm³/mol. The zero-order chi connectivity index (χ0) is 19.2. The third-order valence-electron chi connectivity index (χ3n) is 4.17. The molecule has 1 aromatic carbocycles. The normalized spacial score (nSPS) is 17.4. The zero-order valence-electron chi connectivity index (χ0n) is 16.3. The molecule has 1 aromatic rings. The molecule has 1 aliphatic heterocycles. The van der Waals surface area contributed by atoms with E-state index in [9.17, 15) is 4.79 Å². The first kappa shape index (κ1) is 20.8. The lowest BCUT2D eigenvalue weighted by Gasteiger charge is -2.24. The molecule has 1 amide bonds. The van der Waals surface area contributed by atoms with Gasteiger partial charge in [0.15, 0.2) is 0 Å². The van der Waals surface area contributed by atoms with Crippen LogP contribution in [0.1, 0.15) is 46.1 Å². The Morgan fingerprint density at radius 1 is 1.38 bits per heavy atom. The molecule has 1 N–H and O–H groups in total. The molecule has 0 aliphatic carbocycles. The number of hydrogen-bond acceptors (Lipinski definition) is 4. The van der Waals surface area contributed by atoms with Crippen molar-refractivity contribution in [3.8, 4) is 5.75 Å².